The number of hydrogen-bond acceptors (Lipinski definition) is 2. The van der Waals surface area contributed by atoms with Gasteiger partial charge in [0, 0.05) is 31.9 Å². The van der Waals surface area contributed by atoms with E-state index in [1.54, 1.807) is 0 Å². The van der Waals surface area contributed by atoms with Gasteiger partial charge >= 0.3 is 0 Å². The summed E-state index contributed by atoms with van der Waals surface area (Å²) < 4.78 is 0. The molecule has 0 atom stereocenters. The first-order valence-corrected chi connectivity index (χ1v) is 4.21. The van der Waals surface area contributed by atoms with Crippen molar-refractivity contribution in [3.8, 4) is 0 Å². The highest BCUT2D eigenvalue weighted by Crippen LogP contribution is 2.07. The van der Waals surface area contributed by atoms with Gasteiger partial charge < -0.3 is 9.80 Å². The van der Waals surface area contributed by atoms with Crippen LogP contribution in [0, 0.1) is 0 Å². The lowest BCUT2D eigenvalue weighted by Crippen LogP contribution is -2.42. The van der Waals surface area contributed by atoms with Crippen molar-refractivity contribution < 1.29 is 0 Å². The van der Waals surface area contributed by atoms with Gasteiger partial charge in [-0.1, -0.05) is 19.7 Å². The summed E-state index contributed by atoms with van der Waals surface area (Å²) in [5, 5.41) is 0. The summed E-state index contributed by atoms with van der Waals surface area (Å²) in [6, 6.07) is 0. The number of hydrogen-bond donors (Lipinski definition) is 0. The Morgan fingerprint density at radius 1 is 1.08 bits per heavy atom. The molecule has 12 heavy (non-hydrogen) atoms. The molecule has 1 saturated heterocycles. The molecule has 1 heterocycles. The van der Waals surface area contributed by atoms with Crippen molar-refractivity contribution in [2.75, 3.05) is 26.2 Å². The average Bonchev–Trinajstić information content (AvgIpc) is 2.17. The first-order valence-electron chi connectivity index (χ1n) is 4.21. The Balaban J connectivity index is 2.40. The van der Waals surface area contributed by atoms with E-state index in [-0.39, 0.29) is 0 Å². The maximum Gasteiger partial charge on any atom is 0.0354 e. The van der Waals surface area contributed by atoms with E-state index >= 15 is 0 Å². The van der Waals surface area contributed by atoms with Gasteiger partial charge in [-0.3, -0.25) is 0 Å². The summed E-state index contributed by atoms with van der Waals surface area (Å²) in [5.74, 6) is 0. The van der Waals surface area contributed by atoms with Crippen LogP contribution in [0.15, 0.2) is 37.7 Å². The van der Waals surface area contributed by atoms with E-state index in [2.05, 4.69) is 29.5 Å². The van der Waals surface area contributed by atoms with Crippen molar-refractivity contribution in [1.82, 2.24) is 9.80 Å². The summed E-state index contributed by atoms with van der Waals surface area (Å²) in [7, 11) is 0. The number of allylic oxidation sites excluding steroid dienone is 1. The highest BCUT2D eigenvalue weighted by Gasteiger charge is 2.13. The lowest BCUT2D eigenvalue weighted by Gasteiger charge is -2.35. The van der Waals surface area contributed by atoms with Gasteiger partial charge in [-0.05, 0) is 12.3 Å². The van der Waals surface area contributed by atoms with Gasteiger partial charge in [0.2, 0.25) is 0 Å². The standard InChI is InChI=1S/C10H16N2/c1-4-10(3)12-8-6-11(5-2)7-9-12/h4-5H,1-3,6-9H2. The van der Waals surface area contributed by atoms with Crippen LogP contribution in [0.5, 0.6) is 0 Å². The maximum atomic E-state index is 3.91. The monoisotopic (exact) mass is 164 g/mol. The van der Waals surface area contributed by atoms with Crippen molar-refractivity contribution >= 4 is 0 Å². The van der Waals surface area contributed by atoms with Crippen LogP contribution >= 0.6 is 0 Å². The largest absolute Gasteiger partial charge is 0.374 e. The Kier molecular flexibility index (Phi) is 2.97. The fraction of sp³-hybridized carbons (Fsp3) is 0.400. The lowest BCUT2D eigenvalue weighted by molar-refractivity contribution is 0.210. The minimum Gasteiger partial charge on any atom is -0.374 e. The Morgan fingerprint density at radius 3 is 2.08 bits per heavy atom. The molecule has 0 bridgehead atoms. The molecule has 0 aromatic carbocycles. The molecule has 0 spiro atoms. The Morgan fingerprint density at radius 2 is 1.67 bits per heavy atom. The lowest BCUT2D eigenvalue weighted by atomic mass is 10.3. The van der Waals surface area contributed by atoms with Crippen LogP contribution in [0.1, 0.15) is 0 Å². The molecule has 0 aromatic rings. The molecule has 2 nitrogen and oxygen atoms in total. The number of piperazine rings is 1. The van der Waals surface area contributed by atoms with Crippen LogP contribution in [-0.2, 0) is 0 Å². The Bertz CT molecular complexity index is 188. The summed E-state index contributed by atoms with van der Waals surface area (Å²) in [6.07, 6.45) is 3.71. The zero-order valence-corrected chi connectivity index (χ0v) is 7.50. The molecule has 2 heteroatoms. The van der Waals surface area contributed by atoms with Crippen molar-refractivity contribution in [1.29, 1.82) is 0 Å². The zero-order valence-electron chi connectivity index (χ0n) is 7.50. The van der Waals surface area contributed by atoms with Crippen molar-refractivity contribution in [2.45, 2.75) is 0 Å². The van der Waals surface area contributed by atoms with Crippen molar-refractivity contribution in [3.63, 3.8) is 0 Å². The molecular formula is C10H16N2. The fourth-order valence-electron chi connectivity index (χ4n) is 1.32. The molecule has 1 aliphatic rings. The van der Waals surface area contributed by atoms with Crippen LogP contribution in [0.3, 0.4) is 0 Å². The van der Waals surface area contributed by atoms with E-state index in [9.17, 15) is 0 Å². The number of rotatable bonds is 3. The molecule has 0 N–H and O–H groups in total. The molecule has 1 fully saturated rings. The van der Waals surface area contributed by atoms with Gasteiger partial charge in [-0.2, -0.15) is 0 Å². The van der Waals surface area contributed by atoms with E-state index in [4.69, 9.17) is 0 Å². The quantitative estimate of drug-likeness (QED) is 0.582. The average molecular weight is 164 g/mol. The highest BCUT2D eigenvalue weighted by atomic mass is 15.3. The zero-order chi connectivity index (χ0) is 8.97. The predicted molar refractivity (Wildman–Crippen MR) is 52.7 cm³/mol. The molecule has 1 aliphatic heterocycles. The Labute approximate surface area is 74.5 Å². The molecule has 0 amide bonds. The van der Waals surface area contributed by atoms with Crippen molar-refractivity contribution in [2.24, 2.45) is 0 Å². The highest BCUT2D eigenvalue weighted by molar-refractivity contribution is 5.10. The summed E-state index contributed by atoms with van der Waals surface area (Å²) >= 11 is 0. The predicted octanol–water partition coefficient (Wildman–Crippen LogP) is 1.45. The maximum absolute atomic E-state index is 3.91. The topological polar surface area (TPSA) is 6.48 Å². The molecule has 1 rings (SSSR count). The van der Waals surface area contributed by atoms with Crippen LogP contribution in [0.4, 0.5) is 0 Å². The van der Waals surface area contributed by atoms with E-state index < -0.39 is 0 Å². The molecule has 0 unspecified atom stereocenters. The summed E-state index contributed by atoms with van der Waals surface area (Å²) in [6.45, 7) is 15.5. The second-order valence-electron chi connectivity index (χ2n) is 2.90. The van der Waals surface area contributed by atoms with Crippen molar-refractivity contribution in [3.05, 3.63) is 37.7 Å². The molecule has 0 aliphatic carbocycles. The molecule has 0 saturated carbocycles. The van der Waals surface area contributed by atoms with Gasteiger partial charge in [-0.25, -0.2) is 0 Å². The second-order valence-corrected chi connectivity index (χ2v) is 2.90. The first kappa shape index (κ1) is 8.91. The smallest absolute Gasteiger partial charge is 0.0354 e. The number of nitrogens with zero attached hydrogens (tertiary/aromatic N) is 2. The van der Waals surface area contributed by atoms with Crippen LogP contribution in [0.25, 0.3) is 0 Å². The minimum absolute atomic E-state index is 1.02. The third kappa shape index (κ3) is 1.91. The first-order chi connectivity index (χ1) is 5.77. The SMILES string of the molecule is C=CC(=C)N1CCN(C=C)CC1. The van der Waals surface area contributed by atoms with Gasteiger partial charge in [0.1, 0.15) is 0 Å². The summed E-state index contributed by atoms with van der Waals surface area (Å²) in [5.41, 5.74) is 1.03. The Hall–Kier alpha value is -1.18. The van der Waals surface area contributed by atoms with Crippen LogP contribution in [0.2, 0.25) is 0 Å². The van der Waals surface area contributed by atoms with E-state index in [0.29, 0.717) is 0 Å². The van der Waals surface area contributed by atoms with E-state index in [1.807, 2.05) is 12.3 Å². The van der Waals surface area contributed by atoms with E-state index in [1.165, 1.54) is 0 Å². The second kappa shape index (κ2) is 4.00. The third-order valence-electron chi connectivity index (χ3n) is 2.21. The molecule has 66 valence electrons. The third-order valence-corrected chi connectivity index (χ3v) is 2.21. The van der Waals surface area contributed by atoms with E-state index in [0.717, 1.165) is 31.9 Å². The van der Waals surface area contributed by atoms with Crippen LogP contribution < -0.4 is 0 Å². The van der Waals surface area contributed by atoms with Gasteiger partial charge in [0.25, 0.3) is 0 Å². The van der Waals surface area contributed by atoms with Gasteiger partial charge in [-0.15, -0.1) is 0 Å². The minimum atomic E-state index is 1.02. The molecule has 0 aromatic heterocycles. The summed E-state index contributed by atoms with van der Waals surface area (Å²) in [4.78, 5) is 4.46. The molecular weight excluding hydrogens is 148 g/mol. The normalized spacial score (nSPS) is 17.3. The van der Waals surface area contributed by atoms with Gasteiger partial charge in [0.05, 0.1) is 0 Å². The molecule has 0 radical (unpaired) electrons. The van der Waals surface area contributed by atoms with Gasteiger partial charge in [0.15, 0.2) is 0 Å². The fourth-order valence-corrected chi connectivity index (χ4v) is 1.32. The van der Waals surface area contributed by atoms with Crippen LogP contribution in [-0.4, -0.2) is 36.0 Å².